The standard InChI is InChI=1S/C22H35N3O3/c1-17-14-25(15-22(17,2)16-26)21(27)23-13-20(24-11-5-4-6-12-24)18-7-9-19(28-3)10-8-18/h7-10,17,20,26H,4-6,11-16H2,1-3H3,(H,23,27). The second-order valence-corrected chi connectivity index (χ2v) is 8.67. The van der Waals surface area contributed by atoms with Crippen LogP contribution in [-0.4, -0.2) is 67.4 Å². The molecule has 0 aromatic heterocycles. The minimum absolute atomic E-state index is 0.0282. The molecule has 2 heterocycles. The smallest absolute Gasteiger partial charge is 0.317 e. The van der Waals surface area contributed by atoms with Gasteiger partial charge in [-0.15, -0.1) is 0 Å². The Morgan fingerprint density at radius 3 is 2.54 bits per heavy atom. The van der Waals surface area contributed by atoms with Crippen LogP contribution in [0.1, 0.15) is 44.7 Å². The lowest BCUT2D eigenvalue weighted by atomic mass is 9.82. The molecule has 0 bridgehead atoms. The molecule has 1 aromatic carbocycles. The predicted molar refractivity (Wildman–Crippen MR) is 110 cm³/mol. The number of ether oxygens (including phenoxy) is 1. The number of hydrogen-bond donors (Lipinski definition) is 2. The maximum atomic E-state index is 12.8. The summed E-state index contributed by atoms with van der Waals surface area (Å²) in [7, 11) is 1.68. The van der Waals surface area contributed by atoms with E-state index < -0.39 is 0 Å². The van der Waals surface area contributed by atoms with Gasteiger partial charge in [0.2, 0.25) is 0 Å². The molecule has 0 radical (unpaired) electrons. The van der Waals surface area contributed by atoms with Crippen LogP contribution in [0.4, 0.5) is 4.79 Å². The monoisotopic (exact) mass is 389 g/mol. The van der Waals surface area contributed by atoms with Crippen molar-refractivity contribution >= 4 is 6.03 Å². The topological polar surface area (TPSA) is 65.0 Å². The molecule has 6 heteroatoms. The van der Waals surface area contributed by atoms with Crippen molar-refractivity contribution in [1.29, 1.82) is 0 Å². The Bertz CT molecular complexity index is 645. The number of carbonyl (C=O) groups is 1. The lowest BCUT2D eigenvalue weighted by molar-refractivity contribution is 0.118. The molecule has 2 amide bonds. The zero-order valence-corrected chi connectivity index (χ0v) is 17.5. The molecule has 0 saturated carbocycles. The summed E-state index contributed by atoms with van der Waals surface area (Å²) in [5, 5.41) is 12.9. The van der Waals surface area contributed by atoms with Crippen molar-refractivity contribution in [1.82, 2.24) is 15.1 Å². The van der Waals surface area contributed by atoms with E-state index in [4.69, 9.17) is 4.74 Å². The molecular formula is C22H35N3O3. The first-order chi connectivity index (χ1) is 13.5. The fourth-order valence-corrected chi connectivity index (χ4v) is 4.38. The Morgan fingerprint density at radius 1 is 1.29 bits per heavy atom. The van der Waals surface area contributed by atoms with Crippen molar-refractivity contribution < 1.29 is 14.6 Å². The SMILES string of the molecule is COc1ccc(C(CNC(=O)N2CC(C)C(C)(CO)C2)N2CCCCC2)cc1. The normalized spacial score (nSPS) is 26.9. The number of methoxy groups -OCH3 is 1. The molecule has 2 saturated heterocycles. The van der Waals surface area contributed by atoms with Gasteiger partial charge in [0.25, 0.3) is 0 Å². The molecular weight excluding hydrogens is 354 g/mol. The highest BCUT2D eigenvalue weighted by atomic mass is 16.5. The van der Waals surface area contributed by atoms with Gasteiger partial charge in [0.05, 0.1) is 19.8 Å². The number of benzene rings is 1. The molecule has 1 aromatic rings. The lowest BCUT2D eigenvalue weighted by Crippen LogP contribution is -2.45. The summed E-state index contributed by atoms with van der Waals surface area (Å²) in [5.41, 5.74) is 0.998. The average Bonchev–Trinajstić information content (AvgIpc) is 3.04. The second kappa shape index (κ2) is 9.14. The van der Waals surface area contributed by atoms with Gasteiger partial charge in [0, 0.05) is 25.0 Å². The number of hydrogen-bond acceptors (Lipinski definition) is 4. The summed E-state index contributed by atoms with van der Waals surface area (Å²) in [4.78, 5) is 17.1. The molecule has 3 unspecified atom stereocenters. The number of carbonyl (C=O) groups excluding carboxylic acids is 1. The molecule has 2 N–H and O–H groups in total. The highest BCUT2D eigenvalue weighted by Gasteiger charge is 2.41. The maximum absolute atomic E-state index is 12.8. The van der Waals surface area contributed by atoms with Gasteiger partial charge < -0.3 is 20.1 Å². The molecule has 2 aliphatic rings. The van der Waals surface area contributed by atoms with Crippen molar-refractivity contribution in [3.63, 3.8) is 0 Å². The molecule has 3 atom stereocenters. The summed E-state index contributed by atoms with van der Waals surface area (Å²) in [6.07, 6.45) is 3.70. The van der Waals surface area contributed by atoms with Crippen LogP contribution < -0.4 is 10.1 Å². The van der Waals surface area contributed by atoms with Crippen molar-refractivity contribution in [2.24, 2.45) is 11.3 Å². The highest BCUT2D eigenvalue weighted by Crippen LogP contribution is 2.35. The number of likely N-dealkylation sites (tertiary alicyclic amines) is 2. The van der Waals surface area contributed by atoms with Crippen molar-refractivity contribution in [2.45, 2.75) is 39.2 Å². The van der Waals surface area contributed by atoms with Crippen LogP contribution in [0.2, 0.25) is 0 Å². The number of amides is 2. The largest absolute Gasteiger partial charge is 0.497 e. The summed E-state index contributed by atoms with van der Waals surface area (Å²) in [6, 6.07) is 8.32. The Kier molecular flexibility index (Phi) is 6.83. The number of urea groups is 1. The van der Waals surface area contributed by atoms with Gasteiger partial charge in [0.1, 0.15) is 5.75 Å². The molecule has 0 aliphatic carbocycles. The van der Waals surface area contributed by atoms with Gasteiger partial charge in [-0.25, -0.2) is 4.79 Å². The van der Waals surface area contributed by atoms with E-state index in [9.17, 15) is 9.90 Å². The van der Waals surface area contributed by atoms with E-state index in [-0.39, 0.29) is 24.1 Å². The second-order valence-electron chi connectivity index (χ2n) is 8.67. The van der Waals surface area contributed by atoms with Gasteiger partial charge in [-0.1, -0.05) is 32.4 Å². The van der Waals surface area contributed by atoms with Crippen molar-refractivity contribution in [3.8, 4) is 5.75 Å². The first-order valence-corrected chi connectivity index (χ1v) is 10.5. The van der Waals surface area contributed by atoms with E-state index in [1.54, 1.807) is 7.11 Å². The third-order valence-corrected chi connectivity index (χ3v) is 6.66. The van der Waals surface area contributed by atoms with Crippen LogP contribution in [0.3, 0.4) is 0 Å². The molecule has 2 aliphatic heterocycles. The molecule has 0 spiro atoms. The van der Waals surface area contributed by atoms with E-state index >= 15 is 0 Å². The summed E-state index contributed by atoms with van der Waals surface area (Å²) in [5.74, 6) is 1.14. The van der Waals surface area contributed by atoms with Gasteiger partial charge >= 0.3 is 6.03 Å². The zero-order chi connectivity index (χ0) is 20.1. The minimum Gasteiger partial charge on any atom is -0.497 e. The summed E-state index contributed by atoms with van der Waals surface area (Å²) in [6.45, 7) is 8.29. The van der Waals surface area contributed by atoms with E-state index in [1.807, 2.05) is 17.0 Å². The Labute approximate surface area is 168 Å². The van der Waals surface area contributed by atoms with Crippen molar-refractivity contribution in [2.75, 3.05) is 46.4 Å². The van der Waals surface area contributed by atoms with Crippen LogP contribution in [0.15, 0.2) is 24.3 Å². The number of nitrogens with one attached hydrogen (secondary N) is 1. The van der Waals surface area contributed by atoms with Gasteiger partial charge in [-0.2, -0.15) is 0 Å². The molecule has 6 nitrogen and oxygen atoms in total. The van der Waals surface area contributed by atoms with Crippen LogP contribution >= 0.6 is 0 Å². The van der Waals surface area contributed by atoms with Crippen LogP contribution in [0, 0.1) is 11.3 Å². The lowest BCUT2D eigenvalue weighted by Gasteiger charge is -2.35. The van der Waals surface area contributed by atoms with Crippen molar-refractivity contribution in [3.05, 3.63) is 29.8 Å². The molecule has 28 heavy (non-hydrogen) atoms. The number of rotatable bonds is 6. The fraction of sp³-hybridized carbons (Fsp3) is 0.682. The highest BCUT2D eigenvalue weighted by molar-refractivity contribution is 5.74. The summed E-state index contributed by atoms with van der Waals surface area (Å²) < 4.78 is 5.29. The van der Waals surface area contributed by atoms with Gasteiger partial charge in [0.15, 0.2) is 0 Å². The van der Waals surface area contributed by atoms with E-state index in [0.29, 0.717) is 25.6 Å². The predicted octanol–water partition coefficient (Wildman–Crippen LogP) is 2.88. The van der Waals surface area contributed by atoms with E-state index in [1.165, 1.54) is 24.8 Å². The van der Waals surface area contributed by atoms with Gasteiger partial charge in [-0.3, -0.25) is 4.90 Å². The van der Waals surface area contributed by atoms with Crippen LogP contribution in [0.5, 0.6) is 5.75 Å². The number of aliphatic hydroxyl groups excluding tert-OH is 1. The summed E-state index contributed by atoms with van der Waals surface area (Å²) >= 11 is 0. The van der Waals surface area contributed by atoms with Crippen LogP contribution in [0.25, 0.3) is 0 Å². The third-order valence-electron chi connectivity index (χ3n) is 6.66. The Morgan fingerprint density at radius 2 is 1.96 bits per heavy atom. The Balaban J connectivity index is 1.66. The average molecular weight is 390 g/mol. The maximum Gasteiger partial charge on any atom is 0.317 e. The van der Waals surface area contributed by atoms with Crippen LogP contribution in [-0.2, 0) is 0 Å². The number of aliphatic hydroxyl groups is 1. The fourth-order valence-electron chi connectivity index (χ4n) is 4.38. The molecule has 2 fully saturated rings. The van der Waals surface area contributed by atoms with E-state index in [2.05, 4.69) is 36.2 Å². The van der Waals surface area contributed by atoms with Gasteiger partial charge in [-0.05, 0) is 49.5 Å². The quantitative estimate of drug-likeness (QED) is 0.785. The number of nitrogens with zero attached hydrogens (tertiary/aromatic N) is 2. The Hall–Kier alpha value is -1.79. The zero-order valence-electron chi connectivity index (χ0n) is 17.5. The molecule has 3 rings (SSSR count). The third kappa shape index (κ3) is 4.61. The number of piperidine rings is 1. The molecule has 156 valence electrons. The minimum atomic E-state index is -0.209. The first kappa shape index (κ1) is 20.9. The van der Waals surface area contributed by atoms with E-state index in [0.717, 1.165) is 18.8 Å². The first-order valence-electron chi connectivity index (χ1n) is 10.5.